The number of nitrogens with one attached hydrogen (secondary N) is 2. The second kappa shape index (κ2) is 23.2. The molecule has 2 aliphatic heterocycles. The highest BCUT2D eigenvalue weighted by molar-refractivity contribution is 5.97. The number of amides is 4. The fourth-order valence-corrected chi connectivity index (χ4v) is 5.83. The summed E-state index contributed by atoms with van der Waals surface area (Å²) in [6.07, 6.45) is 6.47. The Hall–Kier alpha value is -3.28. The minimum atomic E-state index is -1.10. The molecule has 49 heavy (non-hydrogen) atoms. The average molecular weight is 688 g/mol. The molecule has 1 aromatic carbocycles. The predicted octanol–water partition coefficient (Wildman–Crippen LogP) is 3.91. The van der Waals surface area contributed by atoms with E-state index in [-0.39, 0.29) is 30.3 Å². The lowest BCUT2D eigenvalue weighted by molar-refractivity contribution is -0.136. The molecule has 4 N–H and O–H groups in total. The summed E-state index contributed by atoms with van der Waals surface area (Å²) in [5.74, 6) is -0.201. The Balaban J connectivity index is 0.000000769. The fraction of sp³-hybridized carbons (Fsp3) is 0.684. The minimum Gasteiger partial charge on any atom is -0.394 e. The van der Waals surface area contributed by atoms with Crippen LogP contribution in [-0.2, 0) is 19.2 Å². The molecule has 0 spiro atoms. The smallest absolute Gasteiger partial charge is 0.249 e. The number of benzene rings is 1. The zero-order chi connectivity index (χ0) is 37.1. The molecule has 0 saturated carbocycles. The zero-order valence-corrected chi connectivity index (χ0v) is 31.5. The van der Waals surface area contributed by atoms with Crippen molar-refractivity contribution in [3.63, 3.8) is 0 Å². The van der Waals surface area contributed by atoms with Gasteiger partial charge in [0.05, 0.1) is 25.2 Å². The number of likely N-dealkylation sites (N-methyl/N-ethyl adjacent to an activating group) is 1. The topological polar surface area (TPSA) is 143 Å². The second-order valence-electron chi connectivity index (χ2n) is 14.3. The molecule has 2 unspecified atom stereocenters. The summed E-state index contributed by atoms with van der Waals surface area (Å²) >= 11 is 0. The van der Waals surface area contributed by atoms with Crippen molar-refractivity contribution in [2.24, 2.45) is 11.8 Å². The molecule has 2 fully saturated rings. The first-order valence-electron chi connectivity index (χ1n) is 18.0. The number of hydrogen-bond donors (Lipinski definition) is 4. The number of aliphatic hydroxyl groups excluding tert-OH is 2. The van der Waals surface area contributed by atoms with Crippen LogP contribution in [0.4, 0.5) is 0 Å². The fourth-order valence-electron chi connectivity index (χ4n) is 5.83. The summed E-state index contributed by atoms with van der Waals surface area (Å²) in [7, 11) is 1.62. The summed E-state index contributed by atoms with van der Waals surface area (Å²) < 4.78 is 0. The van der Waals surface area contributed by atoms with Gasteiger partial charge in [-0.1, -0.05) is 77.4 Å². The van der Waals surface area contributed by atoms with Gasteiger partial charge >= 0.3 is 0 Å². The first kappa shape index (κ1) is 43.7. The third kappa shape index (κ3) is 15.4. The maximum absolute atomic E-state index is 13.3. The second-order valence-corrected chi connectivity index (χ2v) is 14.3. The standard InChI is InChI=1S/C26H38N4O6.C8H17N.C4H10/c1-17(2)22(29(4)23(33)14-27-16-32)13-18(3)26(36)30-12-8-11-21(30)25(35)28-20(15-31)24(34)19-9-6-5-7-10-19;1-8(2)9-6-4-3-5-7-9;1-4(2)3/h5-7,9-10,13,16-17,20-22,24,31,34H,8,11-12,14-15H2,1-4H3,(H,27,32)(H,28,35);8H,3-7H2,1-2H3;4H,1-3H3/b18-13+;;/t20?,21-,22+,24?;;/m0../s1. The van der Waals surface area contributed by atoms with Crippen molar-refractivity contribution >= 4 is 24.1 Å². The van der Waals surface area contributed by atoms with E-state index in [0.29, 0.717) is 36.9 Å². The van der Waals surface area contributed by atoms with E-state index in [0.717, 1.165) is 12.0 Å². The molecule has 0 aliphatic carbocycles. The van der Waals surface area contributed by atoms with E-state index in [2.05, 4.69) is 50.2 Å². The van der Waals surface area contributed by atoms with Gasteiger partial charge in [-0.25, -0.2) is 0 Å². The number of hydrogen-bond acceptors (Lipinski definition) is 7. The van der Waals surface area contributed by atoms with Gasteiger partial charge < -0.3 is 35.5 Å². The molecule has 11 nitrogen and oxygen atoms in total. The Morgan fingerprint density at radius 1 is 0.959 bits per heavy atom. The van der Waals surface area contributed by atoms with Crippen molar-refractivity contribution in [2.45, 2.75) is 118 Å². The Kier molecular flexibility index (Phi) is 20.7. The average Bonchev–Trinajstić information content (AvgIpc) is 3.58. The lowest BCUT2D eigenvalue weighted by atomic mass is 9.99. The lowest BCUT2D eigenvalue weighted by Gasteiger charge is -2.31. The molecular formula is C38H65N5O6. The van der Waals surface area contributed by atoms with Crippen molar-refractivity contribution in [3.8, 4) is 0 Å². The molecular weight excluding hydrogens is 622 g/mol. The lowest BCUT2D eigenvalue weighted by Crippen LogP contribution is -2.51. The maximum Gasteiger partial charge on any atom is 0.249 e. The van der Waals surface area contributed by atoms with Crippen LogP contribution in [0.3, 0.4) is 0 Å². The Morgan fingerprint density at radius 3 is 2.04 bits per heavy atom. The van der Waals surface area contributed by atoms with Crippen LogP contribution in [0, 0.1) is 11.8 Å². The summed E-state index contributed by atoms with van der Waals surface area (Å²) in [6, 6.07) is 7.48. The van der Waals surface area contributed by atoms with Crippen molar-refractivity contribution in [1.29, 1.82) is 0 Å². The van der Waals surface area contributed by atoms with Crippen LogP contribution in [0.2, 0.25) is 0 Å². The van der Waals surface area contributed by atoms with Crippen molar-refractivity contribution in [1.82, 2.24) is 25.3 Å². The minimum absolute atomic E-state index is 0.000362. The summed E-state index contributed by atoms with van der Waals surface area (Å²) in [5.41, 5.74) is 0.969. The van der Waals surface area contributed by atoms with Gasteiger partial charge in [-0.05, 0) is 76.9 Å². The first-order valence-corrected chi connectivity index (χ1v) is 18.0. The number of piperidine rings is 1. The number of rotatable bonds is 13. The zero-order valence-electron chi connectivity index (χ0n) is 31.5. The van der Waals surface area contributed by atoms with Crippen molar-refractivity contribution < 1.29 is 29.4 Å². The van der Waals surface area contributed by atoms with Crippen molar-refractivity contribution in [3.05, 3.63) is 47.5 Å². The molecule has 2 aliphatic rings. The highest BCUT2D eigenvalue weighted by atomic mass is 16.3. The molecule has 1 aromatic rings. The number of nitrogens with zero attached hydrogens (tertiary/aromatic N) is 3. The monoisotopic (exact) mass is 687 g/mol. The molecule has 2 heterocycles. The number of likely N-dealkylation sites (tertiary alicyclic amines) is 2. The van der Waals surface area contributed by atoms with Gasteiger partial charge in [-0.2, -0.15) is 0 Å². The van der Waals surface area contributed by atoms with E-state index in [4.69, 9.17) is 0 Å². The molecule has 4 amide bonds. The molecule has 11 heteroatoms. The maximum atomic E-state index is 13.3. The SMILES string of the molecule is C/C(=C\[C@H](C(C)C)N(C)C(=O)CNC=O)C(=O)N1CCC[C@H]1C(=O)NC(CO)C(O)c1ccccc1.CC(C)C.CC(C)N1CCCCC1. The van der Waals surface area contributed by atoms with E-state index in [1.54, 1.807) is 50.4 Å². The highest BCUT2D eigenvalue weighted by Gasteiger charge is 2.36. The molecule has 0 bridgehead atoms. The largest absolute Gasteiger partial charge is 0.394 e. The summed E-state index contributed by atoms with van der Waals surface area (Å²) in [6.45, 7) is 19.0. The Morgan fingerprint density at radius 2 is 1.55 bits per heavy atom. The summed E-state index contributed by atoms with van der Waals surface area (Å²) in [5, 5.41) is 25.5. The van der Waals surface area contributed by atoms with Crippen LogP contribution in [-0.4, -0.2) is 113 Å². The van der Waals surface area contributed by atoms with Gasteiger partial charge in [0.1, 0.15) is 12.1 Å². The number of aliphatic hydroxyl groups is 2. The molecule has 0 aromatic heterocycles. The highest BCUT2D eigenvalue weighted by Crippen LogP contribution is 2.23. The molecule has 278 valence electrons. The van der Waals surface area contributed by atoms with E-state index in [1.807, 2.05) is 13.8 Å². The quantitative estimate of drug-likeness (QED) is 0.182. The van der Waals surface area contributed by atoms with Gasteiger partial charge in [0.2, 0.25) is 24.1 Å². The number of carbonyl (C=O) groups excluding carboxylic acids is 4. The van der Waals surface area contributed by atoms with E-state index >= 15 is 0 Å². The summed E-state index contributed by atoms with van der Waals surface area (Å²) in [4.78, 5) is 54.8. The predicted molar refractivity (Wildman–Crippen MR) is 195 cm³/mol. The molecule has 4 atom stereocenters. The van der Waals surface area contributed by atoms with E-state index in [1.165, 1.54) is 42.2 Å². The third-order valence-electron chi connectivity index (χ3n) is 8.60. The van der Waals surface area contributed by atoms with E-state index in [9.17, 15) is 29.4 Å². The van der Waals surface area contributed by atoms with Crippen LogP contribution < -0.4 is 10.6 Å². The van der Waals surface area contributed by atoms with Gasteiger partial charge in [-0.15, -0.1) is 0 Å². The van der Waals surface area contributed by atoms with Gasteiger partial charge in [-0.3, -0.25) is 19.2 Å². The normalized spacial score (nSPS) is 18.4. The van der Waals surface area contributed by atoms with Crippen LogP contribution in [0.15, 0.2) is 42.0 Å². The Bertz CT molecular complexity index is 1150. The van der Waals surface area contributed by atoms with Crippen LogP contribution >= 0.6 is 0 Å². The van der Waals surface area contributed by atoms with Gasteiger partial charge in [0, 0.05) is 25.2 Å². The van der Waals surface area contributed by atoms with Crippen molar-refractivity contribution in [2.75, 3.05) is 39.8 Å². The molecule has 2 saturated heterocycles. The van der Waals surface area contributed by atoms with E-state index < -0.39 is 30.7 Å². The Labute approximate surface area is 295 Å². The molecule has 0 radical (unpaired) electrons. The van der Waals surface area contributed by atoms with Crippen LogP contribution in [0.25, 0.3) is 0 Å². The first-order chi connectivity index (χ1) is 23.2. The third-order valence-corrected chi connectivity index (χ3v) is 8.60. The van der Waals surface area contributed by atoms with Crippen LogP contribution in [0.5, 0.6) is 0 Å². The number of carbonyl (C=O) groups is 4. The van der Waals surface area contributed by atoms with Gasteiger partial charge in [0.25, 0.3) is 0 Å². The van der Waals surface area contributed by atoms with Crippen LogP contribution in [0.1, 0.15) is 99.2 Å². The molecule has 3 rings (SSSR count). The van der Waals surface area contributed by atoms with Gasteiger partial charge in [0.15, 0.2) is 0 Å².